The number of benzene rings is 1. The predicted octanol–water partition coefficient (Wildman–Crippen LogP) is 2.98. The molecule has 0 aliphatic carbocycles. The van der Waals surface area contributed by atoms with Crippen molar-refractivity contribution in [1.82, 2.24) is 14.8 Å². The van der Waals surface area contributed by atoms with Gasteiger partial charge in [0.25, 0.3) is 0 Å². The molecule has 29 heavy (non-hydrogen) atoms. The molecule has 7 nitrogen and oxygen atoms in total. The number of nitrogens with two attached hydrogens (primary N) is 1. The highest BCUT2D eigenvalue weighted by atomic mass is 32.2. The lowest BCUT2D eigenvalue weighted by Crippen LogP contribution is -2.17. The lowest BCUT2D eigenvalue weighted by Gasteiger charge is -2.12. The number of aromatic nitrogens is 3. The summed E-state index contributed by atoms with van der Waals surface area (Å²) in [5, 5.41) is 7.89. The van der Waals surface area contributed by atoms with Crippen LogP contribution < -0.4 is 5.73 Å². The smallest absolute Gasteiger partial charge is 0.217 e. The Morgan fingerprint density at radius 2 is 2.07 bits per heavy atom. The number of Topliss-reactive ketones (excluding diaryl/α,β-unsaturated/α-hetero) is 1. The number of furan rings is 1. The normalized spacial score (nSPS) is 12.1. The average molecular weight is 420 g/mol. The molecule has 0 fully saturated rings. The molecule has 0 bridgehead atoms. The highest BCUT2D eigenvalue weighted by Gasteiger charge is 2.24. The molecule has 1 aromatic carbocycles. The first kappa shape index (κ1) is 20.7. The maximum atomic E-state index is 14.0. The first-order valence-electron chi connectivity index (χ1n) is 8.74. The summed E-state index contributed by atoms with van der Waals surface area (Å²) in [5.74, 6) is -1.50. The van der Waals surface area contributed by atoms with Crippen LogP contribution in [0.2, 0.25) is 0 Å². The van der Waals surface area contributed by atoms with Gasteiger partial charge in [-0.05, 0) is 31.2 Å². The number of primary amides is 1. The summed E-state index contributed by atoms with van der Waals surface area (Å²) in [6.07, 6.45) is 1.90. The van der Waals surface area contributed by atoms with E-state index in [9.17, 15) is 18.4 Å². The Morgan fingerprint density at radius 3 is 2.72 bits per heavy atom. The van der Waals surface area contributed by atoms with E-state index in [0.717, 1.165) is 23.9 Å². The number of carbonyl (C=O) groups is 2. The number of hydrogen-bond acceptors (Lipinski definition) is 6. The number of ketones is 1. The molecular formula is C19H18F2N4O3S. The maximum Gasteiger partial charge on any atom is 0.217 e. The minimum absolute atomic E-state index is 0.0935. The van der Waals surface area contributed by atoms with Crippen LogP contribution >= 0.6 is 11.8 Å². The van der Waals surface area contributed by atoms with Gasteiger partial charge in [0.05, 0.1) is 23.6 Å². The van der Waals surface area contributed by atoms with Crippen molar-refractivity contribution in [2.45, 2.75) is 36.7 Å². The number of aryl methyl sites for hydroxylation is 1. The first-order chi connectivity index (χ1) is 13.8. The molecule has 1 atom stereocenters. The largest absolute Gasteiger partial charge is 0.467 e. The van der Waals surface area contributed by atoms with E-state index >= 15 is 0 Å². The molecule has 0 radical (unpaired) electrons. The molecule has 152 valence electrons. The highest BCUT2D eigenvalue weighted by Crippen LogP contribution is 2.27. The van der Waals surface area contributed by atoms with Crippen molar-refractivity contribution < 1.29 is 22.8 Å². The Bertz CT molecular complexity index is 1020. The highest BCUT2D eigenvalue weighted by molar-refractivity contribution is 8.00. The number of hydrogen-bond donors (Lipinski definition) is 1. The van der Waals surface area contributed by atoms with Gasteiger partial charge in [0.1, 0.15) is 23.2 Å². The van der Waals surface area contributed by atoms with E-state index in [0.29, 0.717) is 29.4 Å². The summed E-state index contributed by atoms with van der Waals surface area (Å²) in [5.41, 5.74) is 5.02. The Kier molecular flexibility index (Phi) is 6.42. The van der Waals surface area contributed by atoms with E-state index in [1.807, 2.05) is 0 Å². The van der Waals surface area contributed by atoms with Gasteiger partial charge in [0.15, 0.2) is 10.9 Å². The minimum Gasteiger partial charge on any atom is -0.467 e. The van der Waals surface area contributed by atoms with Crippen LogP contribution in [0.15, 0.2) is 46.2 Å². The van der Waals surface area contributed by atoms with Crippen LogP contribution in [0.25, 0.3) is 0 Å². The van der Waals surface area contributed by atoms with Crippen LogP contribution in [0.4, 0.5) is 8.78 Å². The average Bonchev–Trinajstić information content (AvgIpc) is 3.30. The second kappa shape index (κ2) is 8.99. The lowest BCUT2D eigenvalue weighted by molar-refractivity contribution is -0.118. The molecule has 0 aliphatic rings. The quantitative estimate of drug-likeness (QED) is 0.422. The molecule has 1 unspecified atom stereocenters. The molecule has 1 amide bonds. The van der Waals surface area contributed by atoms with Crippen molar-refractivity contribution >= 4 is 23.5 Å². The van der Waals surface area contributed by atoms with Gasteiger partial charge in [-0.2, -0.15) is 0 Å². The fourth-order valence-electron chi connectivity index (χ4n) is 2.66. The zero-order chi connectivity index (χ0) is 21.0. The summed E-state index contributed by atoms with van der Waals surface area (Å²) >= 11 is 1.08. The lowest BCUT2D eigenvalue weighted by atomic mass is 10.1. The first-order valence-corrected chi connectivity index (χ1v) is 9.61. The number of amides is 1. The van der Waals surface area contributed by atoms with Crippen LogP contribution in [0, 0.1) is 11.6 Å². The maximum absolute atomic E-state index is 14.0. The van der Waals surface area contributed by atoms with Crippen molar-refractivity contribution in [3.05, 3.63) is 65.4 Å². The van der Waals surface area contributed by atoms with Gasteiger partial charge in [-0.25, -0.2) is 8.78 Å². The number of halogens is 2. The van der Waals surface area contributed by atoms with Crippen molar-refractivity contribution in [3.8, 4) is 0 Å². The van der Waals surface area contributed by atoms with Gasteiger partial charge in [0.2, 0.25) is 5.91 Å². The third-order valence-electron chi connectivity index (χ3n) is 4.13. The number of carbonyl (C=O) groups excluding carboxylic acids is 2. The van der Waals surface area contributed by atoms with Gasteiger partial charge in [-0.1, -0.05) is 11.8 Å². The predicted molar refractivity (Wildman–Crippen MR) is 101 cm³/mol. The van der Waals surface area contributed by atoms with Gasteiger partial charge < -0.3 is 10.2 Å². The third kappa shape index (κ3) is 5.08. The van der Waals surface area contributed by atoms with Crippen LogP contribution in [-0.4, -0.2) is 31.7 Å². The molecule has 0 aliphatic heterocycles. The summed E-state index contributed by atoms with van der Waals surface area (Å²) in [7, 11) is 0. The molecule has 10 heteroatoms. The molecule has 2 N–H and O–H groups in total. The number of rotatable bonds is 9. The van der Waals surface area contributed by atoms with E-state index in [2.05, 4.69) is 10.2 Å². The van der Waals surface area contributed by atoms with Gasteiger partial charge >= 0.3 is 0 Å². The Morgan fingerprint density at radius 1 is 1.28 bits per heavy atom. The molecule has 0 saturated carbocycles. The van der Waals surface area contributed by atoms with Crippen molar-refractivity contribution in [2.75, 3.05) is 0 Å². The Labute approximate surface area is 169 Å². The summed E-state index contributed by atoms with van der Waals surface area (Å²) in [6, 6.07) is 6.34. The number of nitrogens with zero attached hydrogens (tertiary/aromatic N) is 3. The van der Waals surface area contributed by atoms with E-state index in [4.69, 9.17) is 10.2 Å². The van der Waals surface area contributed by atoms with Crippen molar-refractivity contribution in [1.29, 1.82) is 0 Å². The monoisotopic (exact) mass is 420 g/mol. The van der Waals surface area contributed by atoms with Gasteiger partial charge in [-0.3, -0.25) is 14.2 Å². The van der Waals surface area contributed by atoms with E-state index in [1.165, 1.54) is 6.26 Å². The van der Waals surface area contributed by atoms with Crippen LogP contribution in [0.5, 0.6) is 0 Å². The molecule has 2 heterocycles. The molecule has 0 spiro atoms. The summed E-state index contributed by atoms with van der Waals surface area (Å²) < 4.78 is 34.1. The Hall–Kier alpha value is -3.01. The van der Waals surface area contributed by atoms with Crippen LogP contribution in [0.1, 0.15) is 35.3 Å². The van der Waals surface area contributed by atoms with E-state index in [1.54, 1.807) is 23.6 Å². The molecule has 2 aromatic heterocycles. The Balaban J connectivity index is 1.83. The van der Waals surface area contributed by atoms with Gasteiger partial charge in [-0.15, -0.1) is 10.2 Å². The molecular weight excluding hydrogens is 402 g/mol. The second-order valence-electron chi connectivity index (χ2n) is 6.28. The van der Waals surface area contributed by atoms with Crippen LogP contribution in [-0.2, 0) is 17.8 Å². The molecule has 3 rings (SSSR count). The third-order valence-corrected chi connectivity index (χ3v) is 5.21. The fraction of sp³-hybridized carbons (Fsp3) is 0.263. The standard InChI is InChI=1S/C19H18F2N4O3S/c1-11(18(27)14-5-4-12(20)9-15(14)21)29-19-24-23-17(7-6-16(22)26)25(19)10-13-3-2-8-28-13/h2-5,8-9,11H,6-7,10H2,1H3,(H2,22,26). The SMILES string of the molecule is CC(Sc1nnc(CCC(N)=O)n1Cc1ccco1)C(=O)c1ccc(F)cc1F. The zero-order valence-electron chi connectivity index (χ0n) is 15.5. The minimum atomic E-state index is -0.915. The van der Waals surface area contributed by atoms with Crippen molar-refractivity contribution in [2.24, 2.45) is 5.73 Å². The number of thioether (sulfide) groups is 1. The summed E-state index contributed by atoms with van der Waals surface area (Å²) in [4.78, 5) is 23.7. The summed E-state index contributed by atoms with van der Waals surface area (Å²) in [6.45, 7) is 1.90. The van der Waals surface area contributed by atoms with E-state index in [-0.39, 0.29) is 18.4 Å². The fourth-order valence-corrected chi connectivity index (χ4v) is 3.60. The van der Waals surface area contributed by atoms with Crippen molar-refractivity contribution in [3.63, 3.8) is 0 Å². The van der Waals surface area contributed by atoms with E-state index < -0.39 is 28.6 Å². The second-order valence-corrected chi connectivity index (χ2v) is 7.59. The zero-order valence-corrected chi connectivity index (χ0v) is 16.3. The van der Waals surface area contributed by atoms with Crippen LogP contribution in [0.3, 0.4) is 0 Å². The topological polar surface area (TPSA) is 104 Å². The van der Waals surface area contributed by atoms with Gasteiger partial charge in [0, 0.05) is 18.9 Å². The molecule has 0 saturated heterocycles. The molecule has 3 aromatic rings.